The van der Waals surface area contributed by atoms with Gasteiger partial charge in [-0.2, -0.15) is 0 Å². The third-order valence-corrected chi connectivity index (χ3v) is 3.07. The van der Waals surface area contributed by atoms with E-state index in [1.54, 1.807) is 0 Å². The molecule has 0 atom stereocenters. The highest BCUT2D eigenvalue weighted by Gasteiger charge is 1.92. The second kappa shape index (κ2) is 17.2. The van der Waals surface area contributed by atoms with Gasteiger partial charge in [-0.3, -0.25) is 4.79 Å². The molecule has 0 spiro atoms. The van der Waals surface area contributed by atoms with Gasteiger partial charge in [0, 0.05) is 6.42 Å². The van der Waals surface area contributed by atoms with Gasteiger partial charge in [-0.25, -0.2) is 0 Å². The zero-order chi connectivity index (χ0) is 16.3. The monoisotopic (exact) mass is 302 g/mol. The number of carboxylic acid groups (broad SMARTS) is 1. The summed E-state index contributed by atoms with van der Waals surface area (Å²) in [6.45, 7) is 3.64. The lowest BCUT2D eigenvalue weighted by Gasteiger charge is -1.92. The third kappa shape index (κ3) is 18.2. The molecule has 1 N–H and O–H groups in total. The van der Waals surface area contributed by atoms with Crippen LogP contribution in [0.15, 0.2) is 61.3 Å². The van der Waals surface area contributed by atoms with Crippen molar-refractivity contribution in [3.8, 4) is 0 Å². The second-order valence-corrected chi connectivity index (χ2v) is 5.12. The van der Waals surface area contributed by atoms with Crippen LogP contribution in [0.25, 0.3) is 0 Å². The molecular formula is C20H30O2. The van der Waals surface area contributed by atoms with Crippen LogP contribution in [0.5, 0.6) is 0 Å². The summed E-state index contributed by atoms with van der Waals surface area (Å²) >= 11 is 0. The van der Waals surface area contributed by atoms with E-state index in [0.717, 1.165) is 38.5 Å². The quantitative estimate of drug-likeness (QED) is 0.243. The van der Waals surface area contributed by atoms with Crippen LogP contribution < -0.4 is 0 Å². The van der Waals surface area contributed by atoms with Crippen molar-refractivity contribution in [3.63, 3.8) is 0 Å². The number of hydrogen-bond acceptors (Lipinski definition) is 1. The second-order valence-electron chi connectivity index (χ2n) is 5.12. The van der Waals surface area contributed by atoms with Crippen molar-refractivity contribution in [1.29, 1.82) is 0 Å². The lowest BCUT2D eigenvalue weighted by molar-refractivity contribution is -0.137. The third-order valence-electron chi connectivity index (χ3n) is 3.07. The summed E-state index contributed by atoms with van der Waals surface area (Å²) in [5, 5.41) is 8.49. The molecule has 122 valence electrons. The molecule has 2 heteroatoms. The molecule has 0 aliphatic heterocycles. The molecule has 0 aromatic carbocycles. The molecule has 0 aliphatic carbocycles. The van der Waals surface area contributed by atoms with Crippen LogP contribution in [0.2, 0.25) is 0 Å². The normalized spacial score (nSPS) is 12.2. The number of hydrogen-bond donors (Lipinski definition) is 1. The van der Waals surface area contributed by atoms with Crippen molar-refractivity contribution in [3.05, 3.63) is 61.3 Å². The van der Waals surface area contributed by atoms with E-state index in [1.165, 1.54) is 12.8 Å². The molecular weight excluding hydrogens is 272 g/mol. The number of allylic oxidation sites excluding steroid dienone is 9. The highest BCUT2D eigenvalue weighted by Crippen LogP contribution is 2.03. The zero-order valence-electron chi connectivity index (χ0n) is 13.6. The van der Waals surface area contributed by atoms with Gasteiger partial charge in [-0.1, -0.05) is 61.3 Å². The minimum Gasteiger partial charge on any atom is -0.481 e. The summed E-state index contributed by atoms with van der Waals surface area (Å²) in [5.74, 6) is -0.715. The molecule has 0 saturated carbocycles. The fourth-order valence-corrected chi connectivity index (χ4v) is 1.87. The van der Waals surface area contributed by atoms with E-state index in [2.05, 4.69) is 49.1 Å². The van der Waals surface area contributed by atoms with Gasteiger partial charge >= 0.3 is 5.97 Å². The van der Waals surface area contributed by atoms with Crippen molar-refractivity contribution in [2.45, 2.75) is 57.8 Å². The molecule has 22 heavy (non-hydrogen) atoms. The molecule has 0 heterocycles. The smallest absolute Gasteiger partial charge is 0.303 e. The largest absolute Gasteiger partial charge is 0.481 e. The summed E-state index contributed by atoms with van der Waals surface area (Å²) in [6, 6.07) is 0. The number of rotatable bonds is 14. The van der Waals surface area contributed by atoms with Gasteiger partial charge in [0.15, 0.2) is 0 Å². The Hall–Kier alpha value is -1.83. The number of unbranched alkanes of at least 4 members (excludes halogenated alkanes) is 4. The summed E-state index contributed by atoms with van der Waals surface area (Å²) in [6.07, 6.45) is 27.4. The Morgan fingerprint density at radius 1 is 0.773 bits per heavy atom. The van der Waals surface area contributed by atoms with Crippen LogP contribution in [0, 0.1) is 0 Å². The van der Waals surface area contributed by atoms with Crippen molar-refractivity contribution in [1.82, 2.24) is 0 Å². The highest BCUT2D eigenvalue weighted by molar-refractivity contribution is 5.66. The average Bonchev–Trinajstić information content (AvgIpc) is 2.50. The molecule has 2 nitrogen and oxygen atoms in total. The number of carbonyl (C=O) groups is 1. The maximum atomic E-state index is 10.3. The zero-order valence-corrected chi connectivity index (χ0v) is 13.6. The predicted octanol–water partition coefficient (Wildman–Crippen LogP) is 5.99. The van der Waals surface area contributed by atoms with Crippen LogP contribution in [0.3, 0.4) is 0 Å². The van der Waals surface area contributed by atoms with Crippen molar-refractivity contribution in [2.24, 2.45) is 0 Å². The average molecular weight is 302 g/mol. The maximum absolute atomic E-state index is 10.3. The van der Waals surface area contributed by atoms with E-state index in [1.807, 2.05) is 12.2 Å². The molecule has 0 unspecified atom stereocenters. The summed E-state index contributed by atoms with van der Waals surface area (Å²) in [7, 11) is 0. The van der Waals surface area contributed by atoms with Gasteiger partial charge in [-0.05, 0) is 51.4 Å². The van der Waals surface area contributed by atoms with E-state index in [0.29, 0.717) is 0 Å². The maximum Gasteiger partial charge on any atom is 0.303 e. The van der Waals surface area contributed by atoms with Gasteiger partial charge in [0.1, 0.15) is 0 Å². The van der Waals surface area contributed by atoms with Gasteiger partial charge in [-0.15, -0.1) is 0 Å². The van der Waals surface area contributed by atoms with Crippen LogP contribution >= 0.6 is 0 Å². The van der Waals surface area contributed by atoms with Crippen LogP contribution in [0.4, 0.5) is 0 Å². The van der Waals surface area contributed by atoms with E-state index in [9.17, 15) is 4.79 Å². The minimum atomic E-state index is -0.715. The van der Waals surface area contributed by atoms with Crippen molar-refractivity contribution < 1.29 is 9.90 Å². The van der Waals surface area contributed by atoms with E-state index in [-0.39, 0.29) is 6.42 Å². The first-order valence-corrected chi connectivity index (χ1v) is 8.21. The van der Waals surface area contributed by atoms with E-state index in [4.69, 9.17) is 5.11 Å². The molecule has 0 amide bonds. The Kier molecular flexibility index (Phi) is 15.8. The lowest BCUT2D eigenvalue weighted by Crippen LogP contribution is -1.92. The minimum absolute atomic E-state index is 0.259. The molecule has 0 saturated heterocycles. The summed E-state index contributed by atoms with van der Waals surface area (Å²) in [5.41, 5.74) is 0. The van der Waals surface area contributed by atoms with Gasteiger partial charge < -0.3 is 5.11 Å². The molecule has 0 aromatic heterocycles. The molecule has 0 radical (unpaired) electrons. The molecule has 0 rings (SSSR count). The van der Waals surface area contributed by atoms with E-state index < -0.39 is 5.97 Å². The van der Waals surface area contributed by atoms with Gasteiger partial charge in [0.05, 0.1) is 0 Å². The molecule has 0 aromatic rings. The Labute approximate surface area is 135 Å². The Morgan fingerprint density at radius 2 is 1.27 bits per heavy atom. The first-order valence-electron chi connectivity index (χ1n) is 8.21. The number of aliphatic carboxylic acids is 1. The number of carboxylic acids is 1. The van der Waals surface area contributed by atoms with Crippen LogP contribution in [-0.2, 0) is 4.79 Å². The molecule has 0 fully saturated rings. The first kappa shape index (κ1) is 20.2. The van der Waals surface area contributed by atoms with Gasteiger partial charge in [0.2, 0.25) is 0 Å². The van der Waals surface area contributed by atoms with Crippen molar-refractivity contribution in [2.75, 3.05) is 0 Å². The molecule has 0 bridgehead atoms. The lowest BCUT2D eigenvalue weighted by atomic mass is 10.1. The Balaban J connectivity index is 3.37. The van der Waals surface area contributed by atoms with Crippen molar-refractivity contribution >= 4 is 5.97 Å². The highest BCUT2D eigenvalue weighted by atomic mass is 16.4. The fourth-order valence-electron chi connectivity index (χ4n) is 1.87. The first-order chi connectivity index (χ1) is 10.8. The predicted molar refractivity (Wildman–Crippen MR) is 95.9 cm³/mol. The van der Waals surface area contributed by atoms with Gasteiger partial charge in [0.25, 0.3) is 0 Å². The van der Waals surface area contributed by atoms with Crippen LogP contribution in [0.1, 0.15) is 57.8 Å². The summed E-state index contributed by atoms with van der Waals surface area (Å²) < 4.78 is 0. The standard InChI is InChI=1S/C20H30O2/c1-2-3-4-5-6-7-8-9-10-11-12-13-14-15-16-17-18-19-20(21)22/h2-4,9-10,12-13,15-16H,1,5-8,11,14,17-19H2,(H,21,22)/b4-3+,10-9+,13-12+,16-15+. The Bertz CT molecular complexity index is 387. The summed E-state index contributed by atoms with van der Waals surface area (Å²) in [4.78, 5) is 10.3. The topological polar surface area (TPSA) is 37.3 Å². The molecule has 0 aliphatic rings. The van der Waals surface area contributed by atoms with E-state index >= 15 is 0 Å². The Morgan fingerprint density at radius 3 is 1.82 bits per heavy atom. The SMILES string of the molecule is C=C/C=C/CCCC/C=C/C/C=C/C/C=C/CCCC(=O)O. The van der Waals surface area contributed by atoms with Crippen LogP contribution in [-0.4, -0.2) is 11.1 Å². The fraction of sp³-hybridized carbons (Fsp3) is 0.450.